The number of nitrogens with one attached hydrogen (secondary N) is 2. The molecule has 1 aromatic heterocycles. The molecule has 2 N–H and O–H groups in total. The molecule has 0 spiro atoms. The van der Waals surface area contributed by atoms with Gasteiger partial charge in [0.1, 0.15) is 5.75 Å². The molecule has 1 amide bonds. The van der Waals surface area contributed by atoms with Crippen LogP contribution < -0.4 is 10.1 Å². The third kappa shape index (κ3) is 3.58. The standard InChI is InChI=1S/C17H21N3O4/c1-23-12-2-3-13-14(11-19-15(13)10-12)16(21)17(22)18-4-5-20-6-8-24-9-7-20/h2-3,10-11,19H,4-9H2,1H3,(H,18,22). The molecular formula is C17H21N3O4. The number of H-pyrrole nitrogens is 1. The molecule has 1 saturated heterocycles. The van der Waals surface area contributed by atoms with E-state index in [0.29, 0.717) is 43.0 Å². The van der Waals surface area contributed by atoms with Gasteiger partial charge in [0.2, 0.25) is 0 Å². The Kier molecular flexibility index (Phi) is 5.12. The second-order valence-corrected chi connectivity index (χ2v) is 5.65. The zero-order valence-electron chi connectivity index (χ0n) is 13.6. The van der Waals surface area contributed by atoms with Crippen molar-refractivity contribution in [2.45, 2.75) is 0 Å². The van der Waals surface area contributed by atoms with Crippen molar-refractivity contribution in [3.63, 3.8) is 0 Å². The molecule has 0 aliphatic carbocycles. The van der Waals surface area contributed by atoms with Crippen LogP contribution in [0.2, 0.25) is 0 Å². The molecule has 0 radical (unpaired) electrons. The highest BCUT2D eigenvalue weighted by molar-refractivity contribution is 6.44. The van der Waals surface area contributed by atoms with Crippen LogP contribution in [0.3, 0.4) is 0 Å². The summed E-state index contributed by atoms with van der Waals surface area (Å²) in [6.45, 7) is 4.30. The largest absolute Gasteiger partial charge is 0.497 e. The number of morpholine rings is 1. The van der Waals surface area contributed by atoms with Crippen molar-refractivity contribution in [3.05, 3.63) is 30.0 Å². The van der Waals surface area contributed by atoms with E-state index in [1.165, 1.54) is 0 Å². The average molecular weight is 331 g/mol. The number of hydrogen-bond acceptors (Lipinski definition) is 5. The molecule has 0 bridgehead atoms. The minimum absolute atomic E-state index is 0.372. The predicted molar refractivity (Wildman–Crippen MR) is 89.4 cm³/mol. The Balaban J connectivity index is 1.60. The maximum Gasteiger partial charge on any atom is 0.292 e. The van der Waals surface area contributed by atoms with E-state index in [9.17, 15) is 9.59 Å². The number of benzene rings is 1. The second kappa shape index (κ2) is 7.46. The van der Waals surface area contributed by atoms with E-state index in [1.807, 2.05) is 0 Å². The maximum absolute atomic E-state index is 12.4. The first kappa shape index (κ1) is 16.5. The molecule has 0 atom stereocenters. The van der Waals surface area contributed by atoms with Crippen LogP contribution in [0.4, 0.5) is 0 Å². The van der Waals surface area contributed by atoms with Gasteiger partial charge in [0, 0.05) is 49.3 Å². The summed E-state index contributed by atoms with van der Waals surface area (Å²) < 4.78 is 10.4. The normalized spacial score (nSPS) is 15.4. The predicted octanol–water partition coefficient (Wildman–Crippen LogP) is 0.808. The number of carbonyl (C=O) groups excluding carboxylic acids is 2. The van der Waals surface area contributed by atoms with Gasteiger partial charge in [-0.25, -0.2) is 0 Å². The Hall–Kier alpha value is -2.38. The topological polar surface area (TPSA) is 83.7 Å². The Morgan fingerprint density at radius 3 is 2.88 bits per heavy atom. The Bertz CT molecular complexity index is 735. The number of ether oxygens (including phenoxy) is 2. The van der Waals surface area contributed by atoms with Crippen molar-refractivity contribution >= 4 is 22.6 Å². The van der Waals surface area contributed by atoms with E-state index in [4.69, 9.17) is 9.47 Å². The van der Waals surface area contributed by atoms with Crippen molar-refractivity contribution in [1.29, 1.82) is 0 Å². The average Bonchev–Trinajstić information content (AvgIpc) is 3.04. The van der Waals surface area contributed by atoms with Gasteiger partial charge in [-0.2, -0.15) is 0 Å². The van der Waals surface area contributed by atoms with Gasteiger partial charge in [-0.3, -0.25) is 14.5 Å². The van der Waals surface area contributed by atoms with E-state index in [2.05, 4.69) is 15.2 Å². The Morgan fingerprint density at radius 2 is 2.12 bits per heavy atom. The van der Waals surface area contributed by atoms with E-state index in [-0.39, 0.29) is 0 Å². The monoisotopic (exact) mass is 331 g/mol. The highest BCUT2D eigenvalue weighted by Gasteiger charge is 2.20. The van der Waals surface area contributed by atoms with Crippen LogP contribution in [-0.2, 0) is 9.53 Å². The molecule has 7 heteroatoms. The van der Waals surface area contributed by atoms with Crippen LogP contribution in [0.15, 0.2) is 24.4 Å². The summed E-state index contributed by atoms with van der Waals surface area (Å²) >= 11 is 0. The fourth-order valence-electron chi connectivity index (χ4n) is 2.78. The van der Waals surface area contributed by atoms with Crippen LogP contribution in [0.1, 0.15) is 10.4 Å². The van der Waals surface area contributed by atoms with Crippen molar-refractivity contribution in [3.8, 4) is 5.75 Å². The first-order valence-corrected chi connectivity index (χ1v) is 7.97. The molecule has 24 heavy (non-hydrogen) atoms. The fraction of sp³-hybridized carbons (Fsp3) is 0.412. The summed E-state index contributed by atoms with van der Waals surface area (Å²) in [6.07, 6.45) is 1.56. The Labute approximate surface area is 139 Å². The highest BCUT2D eigenvalue weighted by atomic mass is 16.5. The maximum atomic E-state index is 12.4. The van der Waals surface area contributed by atoms with Crippen molar-refractivity contribution in [2.24, 2.45) is 0 Å². The van der Waals surface area contributed by atoms with E-state index < -0.39 is 11.7 Å². The van der Waals surface area contributed by atoms with Gasteiger partial charge < -0.3 is 19.8 Å². The second-order valence-electron chi connectivity index (χ2n) is 5.65. The lowest BCUT2D eigenvalue weighted by atomic mass is 10.1. The molecule has 1 aromatic carbocycles. The SMILES string of the molecule is COc1ccc2c(C(=O)C(=O)NCCN3CCOCC3)c[nH]c2c1. The zero-order chi connectivity index (χ0) is 16.9. The molecule has 2 heterocycles. The number of ketones is 1. The summed E-state index contributed by atoms with van der Waals surface area (Å²) in [5.41, 5.74) is 1.13. The van der Waals surface area contributed by atoms with E-state index in [1.54, 1.807) is 31.5 Å². The van der Waals surface area contributed by atoms with Gasteiger partial charge in [0.15, 0.2) is 0 Å². The minimum atomic E-state index is -0.583. The first-order valence-electron chi connectivity index (χ1n) is 7.97. The van der Waals surface area contributed by atoms with Gasteiger partial charge in [0.25, 0.3) is 11.7 Å². The molecule has 7 nitrogen and oxygen atoms in total. The number of Topliss-reactive ketones (excluding diaryl/α,β-unsaturated/α-hetero) is 1. The molecule has 1 fully saturated rings. The number of hydrogen-bond donors (Lipinski definition) is 2. The Morgan fingerprint density at radius 1 is 1.33 bits per heavy atom. The summed E-state index contributed by atoms with van der Waals surface area (Å²) in [7, 11) is 1.58. The van der Waals surface area contributed by atoms with Gasteiger partial charge >= 0.3 is 0 Å². The lowest BCUT2D eigenvalue weighted by Crippen LogP contribution is -2.42. The molecule has 2 aromatic rings. The van der Waals surface area contributed by atoms with Crippen LogP contribution in [0.5, 0.6) is 5.75 Å². The fourth-order valence-corrected chi connectivity index (χ4v) is 2.78. The third-order valence-electron chi connectivity index (χ3n) is 4.16. The van der Waals surface area contributed by atoms with Crippen molar-refractivity contribution in [2.75, 3.05) is 46.5 Å². The van der Waals surface area contributed by atoms with Crippen LogP contribution in [0.25, 0.3) is 10.9 Å². The molecular weight excluding hydrogens is 310 g/mol. The molecule has 128 valence electrons. The summed E-state index contributed by atoms with van der Waals surface area (Å²) in [5, 5.41) is 3.41. The van der Waals surface area contributed by atoms with E-state index >= 15 is 0 Å². The smallest absolute Gasteiger partial charge is 0.292 e. The summed E-state index contributed by atoms with van der Waals surface area (Å²) in [5.74, 6) is -0.424. The number of rotatable bonds is 6. The molecule has 1 aliphatic rings. The van der Waals surface area contributed by atoms with Gasteiger partial charge in [-0.05, 0) is 12.1 Å². The number of methoxy groups -OCH3 is 1. The molecule has 0 unspecified atom stereocenters. The van der Waals surface area contributed by atoms with Crippen LogP contribution >= 0.6 is 0 Å². The number of carbonyl (C=O) groups is 2. The quantitative estimate of drug-likeness (QED) is 0.604. The minimum Gasteiger partial charge on any atom is -0.497 e. The lowest BCUT2D eigenvalue weighted by Gasteiger charge is -2.26. The molecule has 1 aliphatic heterocycles. The number of nitrogens with zero attached hydrogens (tertiary/aromatic N) is 1. The van der Waals surface area contributed by atoms with Crippen molar-refractivity contribution in [1.82, 2.24) is 15.2 Å². The number of amides is 1. The van der Waals surface area contributed by atoms with Crippen LogP contribution in [0, 0.1) is 0 Å². The lowest BCUT2D eigenvalue weighted by molar-refractivity contribution is -0.117. The summed E-state index contributed by atoms with van der Waals surface area (Å²) in [6, 6.07) is 5.34. The third-order valence-corrected chi connectivity index (χ3v) is 4.16. The summed E-state index contributed by atoms with van der Waals surface area (Å²) in [4.78, 5) is 29.7. The molecule has 0 saturated carbocycles. The highest BCUT2D eigenvalue weighted by Crippen LogP contribution is 2.23. The van der Waals surface area contributed by atoms with Crippen molar-refractivity contribution < 1.29 is 19.1 Å². The van der Waals surface area contributed by atoms with E-state index in [0.717, 1.165) is 18.6 Å². The van der Waals surface area contributed by atoms with Gasteiger partial charge in [0.05, 0.1) is 25.9 Å². The number of aromatic amines is 1. The van der Waals surface area contributed by atoms with Crippen LogP contribution in [-0.4, -0.2) is 68.1 Å². The number of aromatic nitrogens is 1. The number of fused-ring (bicyclic) bond motifs is 1. The van der Waals surface area contributed by atoms with Gasteiger partial charge in [-0.15, -0.1) is 0 Å². The first-order chi connectivity index (χ1) is 11.7. The van der Waals surface area contributed by atoms with Gasteiger partial charge in [-0.1, -0.05) is 0 Å². The zero-order valence-corrected chi connectivity index (χ0v) is 13.6. The molecule has 3 rings (SSSR count).